The summed E-state index contributed by atoms with van der Waals surface area (Å²) in [6, 6.07) is -0.0417. The van der Waals surface area contributed by atoms with Gasteiger partial charge in [-0.1, -0.05) is 13.3 Å². The van der Waals surface area contributed by atoms with E-state index < -0.39 is 0 Å². The molecular formula is C5H14N2O2. The van der Waals surface area contributed by atoms with Crippen LogP contribution in [-0.2, 0) is 0 Å². The molecule has 0 saturated carbocycles. The van der Waals surface area contributed by atoms with E-state index in [4.69, 9.17) is 10.4 Å². The van der Waals surface area contributed by atoms with Gasteiger partial charge in [-0.2, -0.15) is 0 Å². The number of hydrogen-bond donors (Lipinski definition) is 4. The van der Waals surface area contributed by atoms with Crippen LogP contribution in [0.1, 0.15) is 19.8 Å². The number of rotatable bonds is 5. The van der Waals surface area contributed by atoms with Crippen molar-refractivity contribution >= 4 is 0 Å². The fraction of sp³-hybridized carbons (Fsp3) is 1.00. The van der Waals surface area contributed by atoms with E-state index in [0.717, 1.165) is 12.8 Å². The van der Waals surface area contributed by atoms with Crippen LogP contribution in [0.2, 0.25) is 0 Å². The minimum atomic E-state index is -0.0417. The molecule has 9 heavy (non-hydrogen) atoms. The van der Waals surface area contributed by atoms with E-state index in [9.17, 15) is 0 Å². The fourth-order valence-electron chi connectivity index (χ4n) is 0.671. The van der Waals surface area contributed by atoms with E-state index in [1.54, 1.807) is 0 Å². The first kappa shape index (κ1) is 8.84. The van der Waals surface area contributed by atoms with Gasteiger partial charge in [-0.15, -0.1) is 0 Å². The largest absolute Gasteiger partial charge is 0.317 e. The quantitative estimate of drug-likeness (QED) is 0.403. The highest BCUT2D eigenvalue weighted by Gasteiger charge is 2.02. The second kappa shape index (κ2) is 5.97. The van der Waals surface area contributed by atoms with Crippen LogP contribution in [0, 0.1) is 0 Å². The van der Waals surface area contributed by atoms with E-state index in [1.807, 2.05) is 12.4 Å². The van der Waals surface area contributed by atoms with Gasteiger partial charge in [0.25, 0.3) is 0 Å². The molecular weight excluding hydrogens is 120 g/mol. The molecule has 1 unspecified atom stereocenters. The van der Waals surface area contributed by atoms with Crippen LogP contribution in [0.4, 0.5) is 0 Å². The van der Waals surface area contributed by atoms with Crippen molar-refractivity contribution in [1.29, 1.82) is 0 Å². The molecule has 4 N–H and O–H groups in total. The standard InChI is InChI=1S/C5H14N2O2/c1-2-3-5(7-9)4-6-8/h5-9H,2-4H2,1H3. The molecule has 0 heterocycles. The Bertz CT molecular complexity index is 54.9. The number of hydrogen-bond acceptors (Lipinski definition) is 4. The second-order valence-electron chi connectivity index (χ2n) is 1.98. The zero-order valence-electron chi connectivity index (χ0n) is 5.59. The van der Waals surface area contributed by atoms with Crippen molar-refractivity contribution in [2.45, 2.75) is 25.8 Å². The summed E-state index contributed by atoms with van der Waals surface area (Å²) >= 11 is 0. The molecule has 0 radical (unpaired) electrons. The van der Waals surface area contributed by atoms with Gasteiger partial charge in [0.2, 0.25) is 0 Å². The van der Waals surface area contributed by atoms with Crippen molar-refractivity contribution in [3.63, 3.8) is 0 Å². The highest BCUT2D eigenvalue weighted by molar-refractivity contribution is 4.60. The molecule has 0 rings (SSSR count). The Morgan fingerprint density at radius 3 is 2.44 bits per heavy atom. The average Bonchev–Trinajstić information content (AvgIpc) is 1.88. The summed E-state index contributed by atoms with van der Waals surface area (Å²) in [5.41, 5.74) is 4.06. The van der Waals surface area contributed by atoms with E-state index in [2.05, 4.69) is 5.48 Å². The third-order valence-electron chi connectivity index (χ3n) is 1.16. The molecule has 0 amide bonds. The zero-order valence-corrected chi connectivity index (χ0v) is 5.59. The summed E-state index contributed by atoms with van der Waals surface area (Å²) in [5.74, 6) is 0. The maximum atomic E-state index is 8.39. The van der Waals surface area contributed by atoms with E-state index in [0.29, 0.717) is 6.54 Å². The number of nitrogens with one attached hydrogen (secondary N) is 2. The summed E-state index contributed by atoms with van der Waals surface area (Å²) < 4.78 is 0. The third kappa shape index (κ3) is 4.35. The van der Waals surface area contributed by atoms with Gasteiger partial charge < -0.3 is 10.4 Å². The summed E-state index contributed by atoms with van der Waals surface area (Å²) in [5, 5.41) is 16.6. The van der Waals surface area contributed by atoms with Gasteiger partial charge in [0.05, 0.1) is 0 Å². The maximum absolute atomic E-state index is 8.39. The Morgan fingerprint density at radius 2 is 2.11 bits per heavy atom. The predicted molar refractivity (Wildman–Crippen MR) is 33.4 cm³/mol. The number of hydroxylamine groups is 2. The Labute approximate surface area is 54.8 Å². The minimum Gasteiger partial charge on any atom is -0.317 e. The van der Waals surface area contributed by atoms with Crippen LogP contribution in [0.15, 0.2) is 0 Å². The molecule has 4 nitrogen and oxygen atoms in total. The van der Waals surface area contributed by atoms with Crippen LogP contribution in [0.5, 0.6) is 0 Å². The first-order valence-corrected chi connectivity index (χ1v) is 3.11. The van der Waals surface area contributed by atoms with Crippen LogP contribution in [-0.4, -0.2) is 23.0 Å². The first-order valence-electron chi connectivity index (χ1n) is 3.11. The van der Waals surface area contributed by atoms with Crippen molar-refractivity contribution in [2.24, 2.45) is 0 Å². The maximum Gasteiger partial charge on any atom is 0.0467 e. The van der Waals surface area contributed by atoms with Crippen LogP contribution >= 0.6 is 0 Å². The fourth-order valence-corrected chi connectivity index (χ4v) is 0.671. The monoisotopic (exact) mass is 134 g/mol. The van der Waals surface area contributed by atoms with E-state index in [1.165, 1.54) is 0 Å². The van der Waals surface area contributed by atoms with Gasteiger partial charge in [0, 0.05) is 12.6 Å². The molecule has 0 aromatic heterocycles. The van der Waals surface area contributed by atoms with Crippen LogP contribution in [0.25, 0.3) is 0 Å². The van der Waals surface area contributed by atoms with Gasteiger partial charge in [-0.05, 0) is 6.42 Å². The average molecular weight is 134 g/mol. The van der Waals surface area contributed by atoms with E-state index >= 15 is 0 Å². The van der Waals surface area contributed by atoms with Gasteiger partial charge in [-0.3, -0.25) is 0 Å². The van der Waals surface area contributed by atoms with Crippen molar-refractivity contribution in [3.05, 3.63) is 0 Å². The van der Waals surface area contributed by atoms with Gasteiger partial charge in [0.15, 0.2) is 0 Å². The van der Waals surface area contributed by atoms with Crippen molar-refractivity contribution in [3.8, 4) is 0 Å². The minimum absolute atomic E-state index is 0.0417. The van der Waals surface area contributed by atoms with Crippen LogP contribution in [0.3, 0.4) is 0 Å². The Hall–Kier alpha value is -0.160. The first-order chi connectivity index (χ1) is 4.35. The molecule has 0 aromatic rings. The Balaban J connectivity index is 3.18. The molecule has 0 fully saturated rings. The van der Waals surface area contributed by atoms with Gasteiger partial charge >= 0.3 is 0 Å². The summed E-state index contributed by atoms with van der Waals surface area (Å²) in [4.78, 5) is 0. The smallest absolute Gasteiger partial charge is 0.0467 e. The normalized spacial score (nSPS) is 13.7. The van der Waals surface area contributed by atoms with Crippen molar-refractivity contribution in [2.75, 3.05) is 6.54 Å². The lowest BCUT2D eigenvalue weighted by atomic mass is 10.2. The molecule has 0 bridgehead atoms. The molecule has 56 valence electrons. The molecule has 0 aromatic carbocycles. The topological polar surface area (TPSA) is 64.5 Å². The van der Waals surface area contributed by atoms with E-state index in [-0.39, 0.29) is 6.04 Å². The summed E-state index contributed by atoms with van der Waals surface area (Å²) in [6.07, 6.45) is 1.84. The van der Waals surface area contributed by atoms with Crippen LogP contribution < -0.4 is 11.0 Å². The lowest BCUT2D eigenvalue weighted by Gasteiger charge is -2.11. The SMILES string of the molecule is CCCC(CNO)NO. The predicted octanol–water partition coefficient (Wildman–Crippen LogP) is 0.113. The summed E-state index contributed by atoms with van der Waals surface area (Å²) in [6.45, 7) is 2.39. The second-order valence-corrected chi connectivity index (χ2v) is 1.98. The Kier molecular flexibility index (Phi) is 5.86. The van der Waals surface area contributed by atoms with Gasteiger partial charge in [-0.25, -0.2) is 11.0 Å². The van der Waals surface area contributed by atoms with Crippen molar-refractivity contribution in [1.82, 2.24) is 11.0 Å². The molecule has 0 spiro atoms. The third-order valence-corrected chi connectivity index (χ3v) is 1.16. The highest BCUT2D eigenvalue weighted by Crippen LogP contribution is 1.92. The lowest BCUT2D eigenvalue weighted by Crippen LogP contribution is -2.35. The molecule has 0 saturated heterocycles. The molecule has 0 aliphatic carbocycles. The molecule has 4 heteroatoms. The lowest BCUT2D eigenvalue weighted by molar-refractivity contribution is 0.0853. The zero-order chi connectivity index (χ0) is 7.11. The molecule has 0 aliphatic heterocycles. The summed E-state index contributed by atoms with van der Waals surface area (Å²) in [7, 11) is 0. The highest BCUT2D eigenvalue weighted by atomic mass is 16.5. The van der Waals surface area contributed by atoms with Crippen molar-refractivity contribution < 1.29 is 10.4 Å². The van der Waals surface area contributed by atoms with Gasteiger partial charge in [0.1, 0.15) is 0 Å². The Morgan fingerprint density at radius 1 is 1.44 bits per heavy atom. The molecule has 0 aliphatic rings. The molecule has 1 atom stereocenters.